The topological polar surface area (TPSA) is 59.6 Å². The molecule has 118 valence electrons. The lowest BCUT2D eigenvalue weighted by atomic mass is 10.1. The number of nitrogens with one attached hydrogen (secondary N) is 1. The van der Waals surface area contributed by atoms with Gasteiger partial charge in [-0.25, -0.2) is 0 Å². The van der Waals surface area contributed by atoms with Crippen LogP contribution in [0.2, 0.25) is 0 Å². The number of pyridine rings is 1. The van der Waals surface area contributed by atoms with Gasteiger partial charge in [0.05, 0.1) is 6.61 Å². The summed E-state index contributed by atoms with van der Waals surface area (Å²) in [5, 5.41) is 10.5. The number of fused-ring (bicyclic) bond motifs is 1. The predicted molar refractivity (Wildman–Crippen MR) is 88.1 cm³/mol. The fraction of sp³-hybridized carbons (Fsp3) is 0.471. The molecule has 1 atom stereocenters. The van der Waals surface area contributed by atoms with Crippen molar-refractivity contribution in [1.82, 2.24) is 14.8 Å². The first kappa shape index (κ1) is 15.2. The number of aliphatic hydroxyl groups excluding tert-OH is 1. The second kappa shape index (κ2) is 6.20. The van der Waals surface area contributed by atoms with Crippen LogP contribution in [-0.4, -0.2) is 59.2 Å². The smallest absolute Gasteiger partial charge is 0.252 e. The van der Waals surface area contributed by atoms with E-state index in [9.17, 15) is 9.90 Å². The molecule has 5 nitrogen and oxygen atoms in total. The number of aliphatic hydroxyl groups is 1. The zero-order valence-electron chi connectivity index (χ0n) is 13.2. The Morgan fingerprint density at radius 3 is 2.91 bits per heavy atom. The van der Waals surface area contributed by atoms with Crippen LogP contribution in [0.25, 0.3) is 10.9 Å². The van der Waals surface area contributed by atoms with Crippen molar-refractivity contribution in [2.24, 2.45) is 0 Å². The summed E-state index contributed by atoms with van der Waals surface area (Å²) in [6.45, 7) is 5.42. The molecule has 1 saturated heterocycles. The van der Waals surface area contributed by atoms with Gasteiger partial charge < -0.3 is 10.1 Å². The second-order valence-corrected chi connectivity index (χ2v) is 6.27. The number of H-pyrrole nitrogens is 1. The molecule has 0 radical (unpaired) electrons. The predicted octanol–water partition coefficient (Wildman–Crippen LogP) is 0.945. The fourth-order valence-corrected chi connectivity index (χ4v) is 3.07. The highest BCUT2D eigenvalue weighted by molar-refractivity contribution is 5.79. The summed E-state index contributed by atoms with van der Waals surface area (Å²) < 4.78 is 0. The van der Waals surface area contributed by atoms with Crippen molar-refractivity contribution in [2.75, 3.05) is 33.3 Å². The summed E-state index contributed by atoms with van der Waals surface area (Å²) in [6, 6.07) is 8.24. The van der Waals surface area contributed by atoms with Gasteiger partial charge in [-0.1, -0.05) is 12.1 Å². The number of aryl methyl sites for hydroxylation is 1. The van der Waals surface area contributed by atoms with Crippen LogP contribution in [0.15, 0.2) is 29.1 Å². The Labute approximate surface area is 130 Å². The van der Waals surface area contributed by atoms with Crippen LogP contribution in [0.5, 0.6) is 0 Å². The standard InChI is InChI=1S/C17H23N3O2/c1-12-3-4-13-8-14(17(22)18-16(13)7-12)9-20-6-5-19(2)15(10-20)11-21/h3-4,7-8,15,21H,5-6,9-11H2,1-2H3,(H,18,22). The fourth-order valence-electron chi connectivity index (χ4n) is 3.07. The molecule has 2 N–H and O–H groups in total. The van der Waals surface area contributed by atoms with Crippen LogP contribution in [0.3, 0.4) is 0 Å². The lowest BCUT2D eigenvalue weighted by Gasteiger charge is -2.38. The van der Waals surface area contributed by atoms with Gasteiger partial charge in [0.25, 0.3) is 5.56 Å². The molecular weight excluding hydrogens is 278 g/mol. The lowest BCUT2D eigenvalue weighted by Crippen LogP contribution is -2.52. The Morgan fingerprint density at radius 2 is 2.14 bits per heavy atom. The van der Waals surface area contributed by atoms with E-state index in [1.54, 1.807) is 0 Å². The van der Waals surface area contributed by atoms with Gasteiger partial charge in [-0.2, -0.15) is 0 Å². The van der Waals surface area contributed by atoms with E-state index in [-0.39, 0.29) is 18.2 Å². The zero-order chi connectivity index (χ0) is 15.7. The summed E-state index contributed by atoms with van der Waals surface area (Å²) in [6.07, 6.45) is 0. The molecule has 5 heteroatoms. The Kier molecular flexibility index (Phi) is 4.29. The van der Waals surface area contributed by atoms with Crippen molar-refractivity contribution < 1.29 is 5.11 Å². The van der Waals surface area contributed by atoms with E-state index >= 15 is 0 Å². The molecule has 0 amide bonds. The molecule has 1 unspecified atom stereocenters. The molecule has 22 heavy (non-hydrogen) atoms. The Morgan fingerprint density at radius 1 is 1.32 bits per heavy atom. The Hall–Kier alpha value is -1.69. The quantitative estimate of drug-likeness (QED) is 0.886. The van der Waals surface area contributed by atoms with Crippen molar-refractivity contribution in [2.45, 2.75) is 19.5 Å². The molecule has 1 aliphatic heterocycles. The van der Waals surface area contributed by atoms with E-state index in [1.807, 2.05) is 32.2 Å². The minimum absolute atomic E-state index is 0.0161. The monoisotopic (exact) mass is 301 g/mol. The molecule has 2 aromatic rings. The van der Waals surface area contributed by atoms with Crippen LogP contribution in [-0.2, 0) is 6.54 Å². The number of piperazine rings is 1. The minimum atomic E-state index is -0.0161. The largest absolute Gasteiger partial charge is 0.395 e. The van der Waals surface area contributed by atoms with E-state index in [0.717, 1.165) is 41.7 Å². The van der Waals surface area contributed by atoms with Gasteiger partial charge >= 0.3 is 0 Å². The summed E-state index contributed by atoms with van der Waals surface area (Å²) >= 11 is 0. The number of benzene rings is 1. The van der Waals surface area contributed by atoms with E-state index in [4.69, 9.17) is 0 Å². The number of aromatic nitrogens is 1. The highest BCUT2D eigenvalue weighted by Gasteiger charge is 2.24. The average Bonchev–Trinajstić information content (AvgIpc) is 2.50. The molecule has 0 bridgehead atoms. The maximum Gasteiger partial charge on any atom is 0.252 e. The number of rotatable bonds is 3. The summed E-state index contributed by atoms with van der Waals surface area (Å²) in [5.41, 5.74) is 2.80. The third kappa shape index (κ3) is 3.06. The maximum atomic E-state index is 12.3. The molecule has 0 aliphatic carbocycles. The normalized spacial score (nSPS) is 20.6. The van der Waals surface area contributed by atoms with Crippen LogP contribution in [0.4, 0.5) is 0 Å². The van der Waals surface area contributed by atoms with Crippen LogP contribution >= 0.6 is 0 Å². The maximum absolute atomic E-state index is 12.3. The molecular formula is C17H23N3O2. The molecule has 0 saturated carbocycles. The summed E-state index contributed by atoms with van der Waals surface area (Å²) in [7, 11) is 2.03. The number of hydrogen-bond donors (Lipinski definition) is 2. The van der Waals surface area contributed by atoms with Gasteiger partial charge in [0.15, 0.2) is 0 Å². The Balaban J connectivity index is 1.83. The van der Waals surface area contributed by atoms with Crippen molar-refractivity contribution in [3.05, 3.63) is 45.7 Å². The third-order valence-electron chi connectivity index (χ3n) is 4.54. The number of nitrogens with zero attached hydrogens (tertiary/aromatic N) is 2. The zero-order valence-corrected chi connectivity index (χ0v) is 13.2. The summed E-state index contributed by atoms with van der Waals surface area (Å²) in [5.74, 6) is 0. The number of aromatic amines is 1. The van der Waals surface area contributed by atoms with Gasteiger partial charge in [-0.15, -0.1) is 0 Å². The molecule has 1 fully saturated rings. The molecule has 2 heterocycles. The van der Waals surface area contributed by atoms with Crippen molar-refractivity contribution in [1.29, 1.82) is 0 Å². The van der Waals surface area contributed by atoms with Crippen molar-refractivity contribution in [3.63, 3.8) is 0 Å². The molecule has 1 aromatic heterocycles. The van der Waals surface area contributed by atoms with Gasteiger partial charge in [-0.05, 0) is 37.1 Å². The van der Waals surface area contributed by atoms with Gasteiger partial charge in [0.2, 0.25) is 0 Å². The van der Waals surface area contributed by atoms with Crippen molar-refractivity contribution >= 4 is 10.9 Å². The molecule has 1 aromatic carbocycles. The SMILES string of the molecule is Cc1ccc2cc(CN3CCN(C)C(CO)C3)c(=O)[nH]c2c1. The minimum Gasteiger partial charge on any atom is -0.395 e. The molecule has 3 rings (SSSR count). The van der Waals surface area contributed by atoms with E-state index in [1.165, 1.54) is 0 Å². The summed E-state index contributed by atoms with van der Waals surface area (Å²) in [4.78, 5) is 19.7. The highest BCUT2D eigenvalue weighted by Crippen LogP contribution is 2.15. The highest BCUT2D eigenvalue weighted by atomic mass is 16.3. The van der Waals surface area contributed by atoms with E-state index in [0.29, 0.717) is 6.54 Å². The third-order valence-corrected chi connectivity index (χ3v) is 4.54. The lowest BCUT2D eigenvalue weighted by molar-refractivity contribution is 0.0538. The van der Waals surface area contributed by atoms with Crippen LogP contribution in [0, 0.1) is 6.92 Å². The Bertz CT molecular complexity index is 725. The molecule has 0 spiro atoms. The van der Waals surface area contributed by atoms with Crippen LogP contribution in [0.1, 0.15) is 11.1 Å². The van der Waals surface area contributed by atoms with Gasteiger partial charge in [0.1, 0.15) is 0 Å². The van der Waals surface area contributed by atoms with Gasteiger partial charge in [0, 0.05) is 43.3 Å². The first-order valence-corrected chi connectivity index (χ1v) is 7.73. The van der Waals surface area contributed by atoms with E-state index < -0.39 is 0 Å². The second-order valence-electron chi connectivity index (χ2n) is 6.27. The van der Waals surface area contributed by atoms with Crippen LogP contribution < -0.4 is 5.56 Å². The molecule has 1 aliphatic rings. The first-order valence-electron chi connectivity index (χ1n) is 7.73. The first-order chi connectivity index (χ1) is 10.6. The van der Waals surface area contributed by atoms with Gasteiger partial charge in [-0.3, -0.25) is 14.6 Å². The van der Waals surface area contributed by atoms with Crippen molar-refractivity contribution in [3.8, 4) is 0 Å². The van der Waals surface area contributed by atoms with E-state index in [2.05, 4.69) is 20.9 Å². The number of hydrogen-bond acceptors (Lipinski definition) is 4. The number of likely N-dealkylation sites (N-methyl/N-ethyl adjacent to an activating group) is 1. The average molecular weight is 301 g/mol.